The van der Waals surface area contributed by atoms with E-state index in [1.807, 2.05) is 13.8 Å². The van der Waals surface area contributed by atoms with Gasteiger partial charge in [-0.2, -0.15) is 0 Å². The predicted octanol–water partition coefficient (Wildman–Crippen LogP) is 1.94. The number of cyclic esters (lactones) is 1. The van der Waals surface area contributed by atoms with Crippen LogP contribution in [0.3, 0.4) is 0 Å². The molecule has 1 saturated heterocycles. The van der Waals surface area contributed by atoms with Crippen molar-refractivity contribution in [2.75, 3.05) is 0 Å². The summed E-state index contributed by atoms with van der Waals surface area (Å²) in [4.78, 5) is 11.1. The Bertz CT molecular complexity index is 292. The van der Waals surface area contributed by atoms with Gasteiger partial charge in [0.2, 0.25) is 0 Å². The average molecular weight is 213 g/mol. The molecular formula is C11H19NO3. The Morgan fingerprint density at radius 2 is 2.13 bits per heavy atom. The van der Waals surface area contributed by atoms with Crippen molar-refractivity contribution in [1.29, 1.82) is 0 Å². The summed E-state index contributed by atoms with van der Waals surface area (Å²) in [5.74, 6) is 0. The number of nitrogens with one attached hydrogen (secondary N) is 1. The van der Waals surface area contributed by atoms with Crippen LogP contribution in [0.15, 0.2) is 11.6 Å². The first kappa shape index (κ1) is 12.0. The summed E-state index contributed by atoms with van der Waals surface area (Å²) < 4.78 is 5.12. The second kappa shape index (κ2) is 3.85. The highest BCUT2D eigenvalue weighted by molar-refractivity contribution is 5.71. The largest absolute Gasteiger partial charge is 0.438 e. The van der Waals surface area contributed by atoms with Crippen molar-refractivity contribution in [3.05, 3.63) is 11.6 Å². The fourth-order valence-corrected chi connectivity index (χ4v) is 1.59. The minimum absolute atomic E-state index is 0.556. The third-order valence-electron chi connectivity index (χ3n) is 2.87. The molecule has 0 bridgehead atoms. The zero-order valence-electron chi connectivity index (χ0n) is 9.76. The van der Waals surface area contributed by atoms with E-state index in [-0.39, 0.29) is 0 Å². The van der Waals surface area contributed by atoms with Crippen LogP contribution in [0.1, 0.15) is 40.5 Å². The normalized spacial score (nSPS) is 34.6. The Kier molecular flexibility index (Phi) is 3.09. The van der Waals surface area contributed by atoms with Gasteiger partial charge in [-0.25, -0.2) is 4.79 Å². The van der Waals surface area contributed by atoms with Gasteiger partial charge in [0.1, 0.15) is 0 Å². The van der Waals surface area contributed by atoms with E-state index in [2.05, 4.69) is 11.4 Å². The van der Waals surface area contributed by atoms with Gasteiger partial charge in [0.15, 0.2) is 11.3 Å². The molecule has 0 saturated carbocycles. The molecule has 1 aliphatic heterocycles. The van der Waals surface area contributed by atoms with Crippen molar-refractivity contribution in [3.63, 3.8) is 0 Å². The van der Waals surface area contributed by atoms with E-state index in [1.54, 1.807) is 13.8 Å². The van der Waals surface area contributed by atoms with E-state index in [0.29, 0.717) is 6.42 Å². The number of rotatable bonds is 3. The summed E-state index contributed by atoms with van der Waals surface area (Å²) in [6.45, 7) is 7.32. The number of carbonyl (C=O) groups excluding carboxylic acids is 1. The predicted molar refractivity (Wildman–Crippen MR) is 57.3 cm³/mol. The van der Waals surface area contributed by atoms with Gasteiger partial charge in [0.25, 0.3) is 0 Å². The summed E-state index contributed by atoms with van der Waals surface area (Å²) in [6.07, 6.45) is 2.89. The SMILES string of the molecule is CC(C)=CCC[C@]1(C)OC(=O)N[C@@]1(C)O. The topological polar surface area (TPSA) is 58.6 Å². The van der Waals surface area contributed by atoms with E-state index < -0.39 is 17.4 Å². The number of hydrogen-bond donors (Lipinski definition) is 2. The first-order valence-electron chi connectivity index (χ1n) is 5.14. The Labute approximate surface area is 90.3 Å². The van der Waals surface area contributed by atoms with Crippen LogP contribution in [0.2, 0.25) is 0 Å². The van der Waals surface area contributed by atoms with Crippen molar-refractivity contribution in [3.8, 4) is 0 Å². The molecule has 0 radical (unpaired) electrons. The van der Waals surface area contributed by atoms with Gasteiger partial charge in [-0.05, 0) is 40.5 Å². The molecule has 0 spiro atoms. The number of ether oxygens (including phenoxy) is 1. The van der Waals surface area contributed by atoms with Crippen LogP contribution in [-0.2, 0) is 4.74 Å². The molecule has 1 amide bonds. The molecule has 2 N–H and O–H groups in total. The van der Waals surface area contributed by atoms with Crippen LogP contribution in [0.25, 0.3) is 0 Å². The molecule has 86 valence electrons. The Balaban J connectivity index is 2.66. The van der Waals surface area contributed by atoms with Crippen LogP contribution in [0.5, 0.6) is 0 Å². The van der Waals surface area contributed by atoms with Crippen LogP contribution >= 0.6 is 0 Å². The lowest BCUT2D eigenvalue weighted by Crippen LogP contribution is -2.52. The van der Waals surface area contributed by atoms with Gasteiger partial charge >= 0.3 is 6.09 Å². The maximum Gasteiger partial charge on any atom is 0.410 e. The van der Waals surface area contributed by atoms with E-state index >= 15 is 0 Å². The lowest BCUT2D eigenvalue weighted by molar-refractivity contribution is -0.0973. The summed E-state index contributed by atoms with van der Waals surface area (Å²) in [5, 5.41) is 12.4. The monoisotopic (exact) mass is 213 g/mol. The van der Waals surface area contributed by atoms with Crippen molar-refractivity contribution in [2.45, 2.75) is 51.9 Å². The van der Waals surface area contributed by atoms with Gasteiger partial charge in [-0.1, -0.05) is 11.6 Å². The molecule has 1 fully saturated rings. The third kappa shape index (κ3) is 2.50. The summed E-state index contributed by atoms with van der Waals surface area (Å²) in [6, 6.07) is 0. The fourth-order valence-electron chi connectivity index (χ4n) is 1.59. The van der Waals surface area contributed by atoms with Gasteiger partial charge in [-0.3, -0.25) is 5.32 Å². The Morgan fingerprint density at radius 1 is 1.53 bits per heavy atom. The minimum Gasteiger partial charge on any atom is -0.438 e. The molecule has 15 heavy (non-hydrogen) atoms. The highest BCUT2D eigenvalue weighted by Crippen LogP contribution is 2.34. The van der Waals surface area contributed by atoms with Gasteiger partial charge < -0.3 is 9.84 Å². The molecule has 1 rings (SSSR count). The van der Waals surface area contributed by atoms with Crippen LogP contribution < -0.4 is 5.32 Å². The Hall–Kier alpha value is -1.03. The van der Waals surface area contributed by atoms with E-state index in [4.69, 9.17) is 4.74 Å². The maximum absolute atomic E-state index is 11.1. The molecule has 0 aromatic heterocycles. The molecule has 1 aliphatic rings. The van der Waals surface area contributed by atoms with Gasteiger partial charge in [0.05, 0.1) is 0 Å². The number of alkyl carbamates (subject to hydrolysis) is 1. The number of allylic oxidation sites excluding steroid dienone is 2. The smallest absolute Gasteiger partial charge is 0.410 e. The highest BCUT2D eigenvalue weighted by atomic mass is 16.6. The van der Waals surface area contributed by atoms with Crippen molar-refractivity contribution in [1.82, 2.24) is 5.32 Å². The molecule has 4 nitrogen and oxygen atoms in total. The molecule has 4 heteroatoms. The number of carbonyl (C=O) groups is 1. The van der Waals surface area contributed by atoms with Gasteiger partial charge in [0, 0.05) is 0 Å². The molecule has 0 aromatic rings. The first-order chi connectivity index (χ1) is 6.77. The van der Waals surface area contributed by atoms with Crippen LogP contribution in [0, 0.1) is 0 Å². The van der Waals surface area contributed by atoms with Crippen LogP contribution in [0.4, 0.5) is 4.79 Å². The van der Waals surface area contributed by atoms with E-state index in [1.165, 1.54) is 5.57 Å². The number of aliphatic hydroxyl groups is 1. The Morgan fingerprint density at radius 3 is 2.53 bits per heavy atom. The molecule has 1 heterocycles. The highest BCUT2D eigenvalue weighted by Gasteiger charge is 2.53. The lowest BCUT2D eigenvalue weighted by Gasteiger charge is -2.32. The van der Waals surface area contributed by atoms with Crippen LogP contribution in [-0.4, -0.2) is 22.5 Å². The first-order valence-corrected chi connectivity index (χ1v) is 5.14. The number of hydrogen-bond acceptors (Lipinski definition) is 3. The minimum atomic E-state index is -1.29. The fraction of sp³-hybridized carbons (Fsp3) is 0.727. The molecule has 0 aromatic carbocycles. The average Bonchev–Trinajstić information content (AvgIpc) is 2.19. The third-order valence-corrected chi connectivity index (χ3v) is 2.87. The molecule has 0 unspecified atom stereocenters. The van der Waals surface area contributed by atoms with Crippen molar-refractivity contribution < 1.29 is 14.6 Å². The lowest BCUT2D eigenvalue weighted by atomic mass is 9.89. The molecule has 2 atom stereocenters. The summed E-state index contributed by atoms with van der Waals surface area (Å²) >= 11 is 0. The standard InChI is InChI=1S/C11H19NO3/c1-8(2)6-5-7-10(3)11(4,14)12-9(13)15-10/h6,14H,5,7H2,1-4H3,(H,12,13)/t10-,11-/m0/s1. The zero-order chi connectivity index (χ0) is 11.7. The van der Waals surface area contributed by atoms with Crippen molar-refractivity contribution >= 4 is 6.09 Å². The molecule has 0 aliphatic carbocycles. The maximum atomic E-state index is 11.1. The number of amides is 1. The van der Waals surface area contributed by atoms with E-state index in [9.17, 15) is 9.90 Å². The zero-order valence-corrected chi connectivity index (χ0v) is 9.76. The second-order valence-corrected chi connectivity index (χ2v) is 4.64. The summed E-state index contributed by atoms with van der Waals surface area (Å²) in [7, 11) is 0. The van der Waals surface area contributed by atoms with Gasteiger partial charge in [-0.15, -0.1) is 0 Å². The van der Waals surface area contributed by atoms with Crippen molar-refractivity contribution in [2.24, 2.45) is 0 Å². The molecular weight excluding hydrogens is 194 g/mol. The quantitative estimate of drug-likeness (QED) is 0.704. The second-order valence-electron chi connectivity index (χ2n) is 4.64. The van der Waals surface area contributed by atoms with E-state index in [0.717, 1.165) is 6.42 Å². The summed E-state index contributed by atoms with van der Waals surface area (Å²) in [5.41, 5.74) is -0.925.